The van der Waals surface area contributed by atoms with Gasteiger partial charge in [0.2, 0.25) is 0 Å². The Hall–Kier alpha value is -13.7. The fourth-order valence-corrected chi connectivity index (χ4v) is 20.4. The van der Waals surface area contributed by atoms with Gasteiger partial charge < -0.3 is 19.3 Å². The van der Waals surface area contributed by atoms with Crippen molar-refractivity contribution in [3.05, 3.63) is 455 Å². The summed E-state index contributed by atoms with van der Waals surface area (Å²) in [6.07, 6.45) is 0. The van der Waals surface area contributed by atoms with E-state index in [1.54, 1.807) is 0 Å². The highest BCUT2D eigenvalue weighted by Gasteiger charge is 2.36. The van der Waals surface area contributed by atoms with Gasteiger partial charge in [-0.1, -0.05) is 361 Å². The number of nitrogens with zero attached hydrogens (tertiary/aromatic N) is 4. The van der Waals surface area contributed by atoms with Gasteiger partial charge >= 0.3 is 0 Å². The minimum Gasteiger partial charge on any atom is -0.310 e. The lowest BCUT2D eigenvalue weighted by Crippen LogP contribution is -2.15. The Kier molecular flexibility index (Phi) is 20.0. The van der Waals surface area contributed by atoms with Gasteiger partial charge in [-0.05, 0) is 266 Å². The Labute approximate surface area is 748 Å². The number of hydrogen-bond donors (Lipinski definition) is 0. The van der Waals surface area contributed by atoms with Crippen LogP contribution in [0, 0.1) is 0 Å². The molecular weight excluding hydrogens is 1700 g/mol. The third kappa shape index (κ3) is 13.9. The highest BCUT2D eigenvalue weighted by atomic mass is 79.9. The number of fused-ring (bicyclic) bond motifs is 10. The molecule has 0 unspecified atom stereocenters. The lowest BCUT2D eigenvalue weighted by atomic mass is 9.82. The van der Waals surface area contributed by atoms with Crippen molar-refractivity contribution in [3.63, 3.8) is 0 Å². The molecule has 23 rings (SSSR count). The molecule has 124 heavy (non-hydrogen) atoms. The zero-order valence-corrected chi connectivity index (χ0v) is 74.1. The van der Waals surface area contributed by atoms with Crippen molar-refractivity contribution in [3.8, 4) is 39.1 Å². The van der Waals surface area contributed by atoms with Crippen molar-refractivity contribution in [2.24, 2.45) is 0 Å². The summed E-state index contributed by atoms with van der Waals surface area (Å²) >= 11 is 11.2. The van der Waals surface area contributed by atoms with Crippen LogP contribution in [0.1, 0.15) is 51.3 Å². The Morgan fingerprint density at radius 2 is 0.702 bits per heavy atom. The van der Waals surface area contributed by atoms with Crippen LogP contribution in [0.4, 0.5) is 51.2 Å². The van der Waals surface area contributed by atoms with Crippen LogP contribution < -0.4 is 14.7 Å². The third-order valence-corrected chi connectivity index (χ3v) is 26.8. The SMILES string of the molecule is Brc1ccc2c(-c3ccccc3)c3cc(N(c4ccccc4)c4cccc5ccccc45)ccc3c(-c3ccccc3)c2c1.CC(C)(C)c1ccc(N(c2ccccc2)c2ccc3ccc4c(Br)ccc5ccc2c3c54)cc1.CC1(C)c2ccccc2-c2ccc(-n3c4ccccc4c4ccc(N(c5ccccc5)c5ccc6cc(Br)ccc6c5)cc43)cc21. The molecule has 0 fully saturated rings. The average molecular weight is 1790 g/mol. The Bertz CT molecular complexity index is 7830. The summed E-state index contributed by atoms with van der Waals surface area (Å²) in [5.74, 6) is 0. The molecule has 22 aromatic rings. The highest BCUT2D eigenvalue weighted by molar-refractivity contribution is 9.11. The predicted octanol–water partition coefficient (Wildman–Crippen LogP) is 35.3. The first-order chi connectivity index (χ1) is 60.6. The van der Waals surface area contributed by atoms with Crippen LogP contribution >= 0.6 is 47.8 Å². The molecule has 7 heteroatoms. The predicted molar refractivity (Wildman–Crippen MR) is 542 cm³/mol. The molecule has 0 spiro atoms. The van der Waals surface area contributed by atoms with Crippen molar-refractivity contribution in [1.82, 2.24) is 4.57 Å². The topological polar surface area (TPSA) is 14.7 Å². The maximum atomic E-state index is 3.78. The van der Waals surface area contributed by atoms with Gasteiger partial charge in [0.25, 0.3) is 0 Å². The molecule has 0 atom stereocenters. The maximum absolute atomic E-state index is 3.78. The molecule has 1 aliphatic rings. The van der Waals surface area contributed by atoms with Crippen molar-refractivity contribution in [2.45, 2.75) is 45.4 Å². The van der Waals surface area contributed by atoms with E-state index in [9.17, 15) is 0 Å². The first kappa shape index (κ1) is 77.6. The number of para-hydroxylation sites is 4. The molecule has 1 aliphatic carbocycles. The number of hydrogen-bond acceptors (Lipinski definition) is 3. The largest absolute Gasteiger partial charge is 0.310 e. The molecule has 0 bridgehead atoms. The van der Waals surface area contributed by atoms with E-state index < -0.39 is 0 Å². The second-order valence-corrected chi connectivity index (χ2v) is 36.6. The van der Waals surface area contributed by atoms with Gasteiger partial charge in [0.1, 0.15) is 0 Å². The van der Waals surface area contributed by atoms with E-state index in [2.05, 4.69) is 526 Å². The van der Waals surface area contributed by atoms with Crippen molar-refractivity contribution >= 4 is 196 Å². The maximum Gasteiger partial charge on any atom is 0.0561 e. The quantitative estimate of drug-likeness (QED) is 0.0895. The van der Waals surface area contributed by atoms with E-state index in [-0.39, 0.29) is 10.8 Å². The van der Waals surface area contributed by atoms with E-state index in [1.807, 2.05) is 0 Å². The van der Waals surface area contributed by atoms with E-state index >= 15 is 0 Å². The summed E-state index contributed by atoms with van der Waals surface area (Å²) in [6, 6.07) is 154. The molecule has 0 radical (unpaired) electrons. The fourth-order valence-electron chi connectivity index (χ4n) is 19.2. The normalized spacial score (nSPS) is 12.3. The average Bonchev–Trinajstić information content (AvgIpc) is 0.893. The van der Waals surface area contributed by atoms with Crippen LogP contribution in [-0.2, 0) is 10.8 Å². The number of aromatic nitrogens is 1. The molecule has 0 saturated heterocycles. The molecule has 0 amide bonds. The van der Waals surface area contributed by atoms with E-state index in [0.717, 1.165) is 58.9 Å². The number of anilines is 9. The van der Waals surface area contributed by atoms with Crippen LogP contribution in [0.25, 0.3) is 136 Å². The number of rotatable bonds is 12. The zero-order chi connectivity index (χ0) is 83.9. The lowest BCUT2D eigenvalue weighted by molar-refractivity contribution is 0.590. The van der Waals surface area contributed by atoms with Gasteiger partial charge in [0.05, 0.1) is 22.4 Å². The molecule has 4 nitrogen and oxygen atoms in total. The molecule has 1 heterocycles. The standard InChI is InChI=1S/C43H31BrN2.C42H28BrN.C32H26BrN/c1-43(2)39-14-8-6-12-35(39)36-22-20-33(26-40(36)43)46-41-15-9-7-13-37(41)38-23-21-34(27-42(38)46)45(31-10-4-3-5-11-31)32-19-17-28-24-30(44)18-16-29(28)25-32;43-32-23-25-36-38(27-32)41(30-14-4-1-5-15-30)37-26-24-34(28-39(37)42(36)31-16-6-2-7-17-31)44(33-19-8-3-9-20-33)40-22-12-18-29-13-10-11-21-35(29)40;1-32(2,3)23-13-15-25(16-14-23)34(24-7-5-4-6-8-24)29-20-12-22-9-17-26-28(33)19-11-21-10-18-27(29)31(22)30(21)26/h3-27H,1-2H3;1-28H;4-20H,1-3H3. The second-order valence-electron chi connectivity index (χ2n) is 33.9. The van der Waals surface area contributed by atoms with Crippen LogP contribution in [0.2, 0.25) is 0 Å². The third-order valence-electron chi connectivity index (χ3n) is 25.1. The molecule has 0 N–H and O–H groups in total. The molecule has 0 saturated carbocycles. The molecule has 21 aromatic carbocycles. The molecule has 594 valence electrons. The van der Waals surface area contributed by atoms with E-state index in [1.165, 1.54) is 159 Å². The van der Waals surface area contributed by atoms with Crippen LogP contribution in [0.3, 0.4) is 0 Å². The van der Waals surface area contributed by atoms with Gasteiger partial charge in [0, 0.05) is 85.9 Å². The van der Waals surface area contributed by atoms with E-state index in [4.69, 9.17) is 0 Å². The Morgan fingerprint density at radius 1 is 0.258 bits per heavy atom. The first-order valence-electron chi connectivity index (χ1n) is 42.4. The first-order valence-corrected chi connectivity index (χ1v) is 44.8. The highest BCUT2D eigenvalue weighted by Crippen LogP contribution is 2.53. The smallest absolute Gasteiger partial charge is 0.0561 e. The minimum absolute atomic E-state index is 0.0678. The van der Waals surface area contributed by atoms with Crippen LogP contribution in [0.5, 0.6) is 0 Å². The number of benzene rings is 21. The summed E-state index contributed by atoms with van der Waals surface area (Å²) in [4.78, 5) is 7.14. The van der Waals surface area contributed by atoms with Crippen LogP contribution in [0.15, 0.2) is 438 Å². The fraction of sp³-hybridized carbons (Fsp3) is 0.0598. The Morgan fingerprint density at radius 3 is 1.39 bits per heavy atom. The summed E-state index contributed by atoms with van der Waals surface area (Å²) in [7, 11) is 0. The van der Waals surface area contributed by atoms with Crippen molar-refractivity contribution < 1.29 is 0 Å². The van der Waals surface area contributed by atoms with Crippen molar-refractivity contribution in [1.29, 1.82) is 0 Å². The van der Waals surface area contributed by atoms with Crippen LogP contribution in [-0.4, -0.2) is 4.57 Å². The summed E-state index contributed by atoms with van der Waals surface area (Å²) in [5.41, 5.74) is 25.6. The van der Waals surface area contributed by atoms with Gasteiger partial charge in [-0.25, -0.2) is 0 Å². The van der Waals surface area contributed by atoms with Gasteiger partial charge in [-0.15, -0.1) is 0 Å². The van der Waals surface area contributed by atoms with Crippen molar-refractivity contribution in [2.75, 3.05) is 14.7 Å². The van der Waals surface area contributed by atoms with Gasteiger partial charge in [-0.3, -0.25) is 0 Å². The molecule has 1 aromatic heterocycles. The zero-order valence-electron chi connectivity index (χ0n) is 69.3. The van der Waals surface area contributed by atoms with E-state index in [0.29, 0.717) is 0 Å². The summed E-state index contributed by atoms with van der Waals surface area (Å²) in [6.45, 7) is 11.5. The number of halogens is 3. The lowest BCUT2D eigenvalue weighted by Gasteiger charge is -2.28. The Balaban J connectivity index is 0.000000115. The molecule has 0 aliphatic heterocycles. The minimum atomic E-state index is -0.0678. The molecular formula is C117H85Br3N4. The second kappa shape index (κ2) is 32.0. The van der Waals surface area contributed by atoms with Gasteiger partial charge in [-0.2, -0.15) is 0 Å². The van der Waals surface area contributed by atoms with Gasteiger partial charge in [0.15, 0.2) is 0 Å². The summed E-state index contributed by atoms with van der Waals surface area (Å²) < 4.78 is 5.75. The summed E-state index contributed by atoms with van der Waals surface area (Å²) in [5, 5.41) is 20.0. The monoisotopic (exact) mass is 1780 g/mol.